The molecule has 0 atom stereocenters. The van der Waals surface area contributed by atoms with E-state index in [1.54, 1.807) is 13.0 Å². The van der Waals surface area contributed by atoms with Gasteiger partial charge in [0.25, 0.3) is 5.69 Å². The summed E-state index contributed by atoms with van der Waals surface area (Å²) in [6, 6.07) is 9.33. The van der Waals surface area contributed by atoms with E-state index >= 15 is 0 Å². The first-order valence-electron chi connectivity index (χ1n) is 6.15. The van der Waals surface area contributed by atoms with Gasteiger partial charge in [0.1, 0.15) is 12.0 Å². The van der Waals surface area contributed by atoms with Crippen LogP contribution in [0.25, 0.3) is 0 Å². The van der Waals surface area contributed by atoms with Crippen LogP contribution in [0.15, 0.2) is 36.5 Å². The highest BCUT2D eigenvalue weighted by Crippen LogP contribution is 2.18. The molecule has 20 heavy (non-hydrogen) atoms. The molecule has 0 aliphatic heterocycles. The molecule has 0 saturated carbocycles. The molecule has 1 aromatic carbocycles. The summed E-state index contributed by atoms with van der Waals surface area (Å²) in [6.07, 6.45) is 2.11. The van der Waals surface area contributed by atoms with Crippen molar-refractivity contribution < 1.29 is 4.92 Å². The summed E-state index contributed by atoms with van der Waals surface area (Å²) in [5.41, 5.74) is 1.80. The molecule has 1 aromatic heterocycles. The fraction of sp³-hybridized carbons (Fsp3) is 0.214. The molecule has 104 valence electrons. The molecule has 1 heterocycles. The summed E-state index contributed by atoms with van der Waals surface area (Å²) in [4.78, 5) is 14.3. The Morgan fingerprint density at radius 3 is 2.65 bits per heavy atom. The topological polar surface area (TPSA) is 68.1 Å². The van der Waals surface area contributed by atoms with E-state index in [0.29, 0.717) is 17.9 Å². The molecule has 0 bridgehead atoms. The summed E-state index contributed by atoms with van der Waals surface area (Å²) in [6.45, 7) is 2.40. The number of halogens is 1. The molecule has 1 N–H and O–H groups in total. The molecule has 0 saturated heterocycles. The quantitative estimate of drug-likeness (QED) is 0.675. The normalized spacial score (nSPS) is 10.3. The highest BCUT2D eigenvalue weighted by molar-refractivity contribution is 6.30. The van der Waals surface area contributed by atoms with Crippen molar-refractivity contribution >= 4 is 23.1 Å². The molecule has 5 nitrogen and oxygen atoms in total. The van der Waals surface area contributed by atoms with E-state index in [2.05, 4.69) is 10.3 Å². The molecule has 0 amide bonds. The smallest absolute Gasteiger partial charge is 0.290 e. The van der Waals surface area contributed by atoms with Crippen molar-refractivity contribution in [3.63, 3.8) is 0 Å². The number of nitrogens with zero attached hydrogens (tertiary/aromatic N) is 2. The maximum atomic E-state index is 10.7. The Hall–Kier alpha value is -2.14. The van der Waals surface area contributed by atoms with Gasteiger partial charge in [0.2, 0.25) is 0 Å². The van der Waals surface area contributed by atoms with Crippen LogP contribution in [0.2, 0.25) is 5.02 Å². The van der Waals surface area contributed by atoms with Crippen molar-refractivity contribution in [3.8, 4) is 0 Å². The minimum Gasteiger partial charge on any atom is -0.370 e. The highest BCUT2D eigenvalue weighted by Gasteiger charge is 2.10. The van der Waals surface area contributed by atoms with Crippen molar-refractivity contribution in [1.29, 1.82) is 0 Å². The molecule has 2 aromatic rings. The Balaban J connectivity index is 1.92. The standard InChI is InChI=1S/C14H14ClN3O2/c1-10-8-14(17-9-13(10)18(19)20)16-7-6-11-2-4-12(15)5-3-11/h2-5,8-9H,6-7H2,1H3,(H,16,17). The second-order valence-corrected chi connectivity index (χ2v) is 4.85. The minimum absolute atomic E-state index is 0.0354. The summed E-state index contributed by atoms with van der Waals surface area (Å²) in [5, 5.41) is 14.6. The lowest BCUT2D eigenvalue weighted by atomic mass is 10.1. The van der Waals surface area contributed by atoms with Crippen molar-refractivity contribution in [2.24, 2.45) is 0 Å². The van der Waals surface area contributed by atoms with Gasteiger partial charge < -0.3 is 5.32 Å². The lowest BCUT2D eigenvalue weighted by molar-refractivity contribution is -0.385. The van der Waals surface area contributed by atoms with Crippen LogP contribution in [0.3, 0.4) is 0 Å². The summed E-state index contributed by atoms with van der Waals surface area (Å²) < 4.78 is 0. The van der Waals surface area contributed by atoms with E-state index in [0.717, 1.165) is 11.4 Å². The van der Waals surface area contributed by atoms with Gasteiger partial charge in [-0.2, -0.15) is 0 Å². The molecule has 6 heteroatoms. The van der Waals surface area contributed by atoms with Crippen molar-refractivity contribution in [2.45, 2.75) is 13.3 Å². The fourth-order valence-corrected chi connectivity index (χ4v) is 1.95. The van der Waals surface area contributed by atoms with Crippen LogP contribution in [0.4, 0.5) is 11.5 Å². The van der Waals surface area contributed by atoms with Crippen LogP contribution < -0.4 is 5.32 Å². The molecule has 2 rings (SSSR count). The molecule has 0 fully saturated rings. The van der Waals surface area contributed by atoms with E-state index in [1.807, 2.05) is 24.3 Å². The summed E-state index contributed by atoms with van der Waals surface area (Å²) in [7, 11) is 0. The average Bonchev–Trinajstić information content (AvgIpc) is 2.41. The van der Waals surface area contributed by atoms with Gasteiger partial charge in [-0.25, -0.2) is 4.98 Å². The summed E-state index contributed by atoms with van der Waals surface area (Å²) >= 11 is 5.82. The Bertz CT molecular complexity index is 614. The molecule has 0 spiro atoms. The number of pyridine rings is 1. The van der Waals surface area contributed by atoms with Crippen LogP contribution in [-0.2, 0) is 6.42 Å². The SMILES string of the molecule is Cc1cc(NCCc2ccc(Cl)cc2)ncc1[N+](=O)[O-]. The van der Waals surface area contributed by atoms with Crippen LogP contribution in [0, 0.1) is 17.0 Å². The number of nitrogens with one attached hydrogen (secondary N) is 1. The van der Waals surface area contributed by atoms with E-state index in [4.69, 9.17) is 11.6 Å². The number of hydrogen-bond donors (Lipinski definition) is 1. The first-order valence-corrected chi connectivity index (χ1v) is 6.53. The second kappa shape index (κ2) is 6.34. The molecule has 0 unspecified atom stereocenters. The van der Waals surface area contributed by atoms with Crippen molar-refractivity contribution in [3.05, 3.63) is 62.8 Å². The zero-order valence-electron chi connectivity index (χ0n) is 11.0. The molecular weight excluding hydrogens is 278 g/mol. The van der Waals surface area contributed by atoms with Crippen LogP contribution in [-0.4, -0.2) is 16.5 Å². The molecular formula is C14H14ClN3O2. The van der Waals surface area contributed by atoms with E-state index < -0.39 is 4.92 Å². The highest BCUT2D eigenvalue weighted by atomic mass is 35.5. The lowest BCUT2D eigenvalue weighted by Crippen LogP contribution is -2.07. The maximum absolute atomic E-state index is 10.7. The number of rotatable bonds is 5. The molecule has 0 aliphatic rings. The Kier molecular flexibility index (Phi) is 4.53. The minimum atomic E-state index is -0.431. The first kappa shape index (κ1) is 14.3. The Morgan fingerprint density at radius 1 is 1.35 bits per heavy atom. The third-order valence-electron chi connectivity index (χ3n) is 2.91. The van der Waals surface area contributed by atoms with Crippen LogP contribution >= 0.6 is 11.6 Å². The van der Waals surface area contributed by atoms with Crippen LogP contribution in [0.5, 0.6) is 0 Å². The third kappa shape index (κ3) is 3.68. The lowest BCUT2D eigenvalue weighted by Gasteiger charge is -2.06. The fourth-order valence-electron chi connectivity index (χ4n) is 1.82. The average molecular weight is 292 g/mol. The van der Waals surface area contributed by atoms with E-state index in [9.17, 15) is 10.1 Å². The van der Waals surface area contributed by atoms with Gasteiger partial charge in [0.05, 0.1) is 4.92 Å². The van der Waals surface area contributed by atoms with Gasteiger partial charge in [-0.3, -0.25) is 10.1 Å². The van der Waals surface area contributed by atoms with Gasteiger partial charge in [0.15, 0.2) is 0 Å². The Labute approximate surface area is 121 Å². The number of anilines is 1. The first-order chi connectivity index (χ1) is 9.56. The summed E-state index contributed by atoms with van der Waals surface area (Å²) in [5.74, 6) is 0.641. The predicted octanol–water partition coefficient (Wildman–Crippen LogP) is 3.61. The van der Waals surface area contributed by atoms with Gasteiger partial charge in [-0.05, 0) is 37.1 Å². The predicted molar refractivity (Wildman–Crippen MR) is 79.3 cm³/mol. The number of benzene rings is 1. The van der Waals surface area contributed by atoms with Crippen molar-refractivity contribution in [1.82, 2.24) is 4.98 Å². The third-order valence-corrected chi connectivity index (χ3v) is 3.16. The number of aryl methyl sites for hydroxylation is 1. The van der Waals surface area contributed by atoms with Gasteiger partial charge >= 0.3 is 0 Å². The molecule has 0 aliphatic carbocycles. The van der Waals surface area contributed by atoms with Gasteiger partial charge in [-0.1, -0.05) is 23.7 Å². The van der Waals surface area contributed by atoms with Gasteiger partial charge in [0, 0.05) is 17.1 Å². The second-order valence-electron chi connectivity index (χ2n) is 4.42. The zero-order chi connectivity index (χ0) is 14.5. The Morgan fingerprint density at radius 2 is 2.05 bits per heavy atom. The van der Waals surface area contributed by atoms with Crippen LogP contribution in [0.1, 0.15) is 11.1 Å². The number of hydrogen-bond acceptors (Lipinski definition) is 4. The largest absolute Gasteiger partial charge is 0.370 e. The monoisotopic (exact) mass is 291 g/mol. The molecule has 0 radical (unpaired) electrons. The van der Waals surface area contributed by atoms with E-state index in [1.165, 1.54) is 11.8 Å². The van der Waals surface area contributed by atoms with E-state index in [-0.39, 0.29) is 5.69 Å². The van der Waals surface area contributed by atoms with Crippen molar-refractivity contribution in [2.75, 3.05) is 11.9 Å². The van der Waals surface area contributed by atoms with Gasteiger partial charge in [-0.15, -0.1) is 0 Å². The number of aromatic nitrogens is 1. The number of nitro groups is 1. The zero-order valence-corrected chi connectivity index (χ0v) is 11.7. The maximum Gasteiger partial charge on any atom is 0.290 e.